The van der Waals surface area contributed by atoms with Crippen LogP contribution in [-0.4, -0.2) is 76.7 Å². The van der Waals surface area contributed by atoms with Crippen LogP contribution in [0, 0.1) is 0 Å². The summed E-state index contributed by atoms with van der Waals surface area (Å²) in [5, 5.41) is 14.0. The molecule has 35 heavy (non-hydrogen) atoms. The largest absolute Gasteiger partial charge is 0.455 e. The first-order valence-electron chi connectivity index (χ1n) is 12.2. The molecule has 2 heterocycles. The van der Waals surface area contributed by atoms with E-state index in [0.29, 0.717) is 0 Å². The van der Waals surface area contributed by atoms with Crippen LogP contribution in [0.25, 0.3) is 10.4 Å². The molecule has 2 aliphatic rings. The van der Waals surface area contributed by atoms with Gasteiger partial charge in [-0.25, -0.2) is 4.79 Å². The van der Waals surface area contributed by atoms with Gasteiger partial charge in [0.25, 0.3) is 0 Å². The molecule has 0 radical (unpaired) electrons. The molecule has 2 fully saturated rings. The van der Waals surface area contributed by atoms with E-state index in [1.54, 1.807) is 13.8 Å². The van der Waals surface area contributed by atoms with Gasteiger partial charge in [-0.2, -0.15) is 0 Å². The average molecular weight is 532 g/mol. The number of esters is 1. The Hall–Kier alpha value is -0.986. The van der Waals surface area contributed by atoms with E-state index in [1.165, 1.54) is 0 Å². The maximum Gasteiger partial charge on any atom is 0.337 e. The van der Waals surface area contributed by atoms with Crippen LogP contribution >= 0.6 is 0 Å². The van der Waals surface area contributed by atoms with E-state index < -0.39 is 65.0 Å². The summed E-state index contributed by atoms with van der Waals surface area (Å²) in [7, 11) is -4.75. The number of nitrogens with zero attached hydrogens (tertiary/aromatic N) is 3. The summed E-state index contributed by atoms with van der Waals surface area (Å²) < 4.78 is 31.4. The quantitative estimate of drug-likeness (QED) is 0.155. The molecule has 2 aliphatic heterocycles. The molecule has 6 atom stereocenters. The van der Waals surface area contributed by atoms with Crippen molar-refractivity contribution in [2.24, 2.45) is 5.11 Å². The molecule has 0 bridgehead atoms. The molecule has 0 aromatic rings. The monoisotopic (exact) mass is 531 g/mol. The zero-order valence-corrected chi connectivity index (χ0v) is 25.4. The molecular formula is C23H45N3O7Si2. The smallest absolute Gasteiger partial charge is 0.337 e. The summed E-state index contributed by atoms with van der Waals surface area (Å²) >= 11 is 0. The summed E-state index contributed by atoms with van der Waals surface area (Å²) in [6.45, 7) is 24.4. The van der Waals surface area contributed by atoms with Gasteiger partial charge < -0.3 is 28.2 Å². The molecule has 0 saturated carbocycles. The maximum absolute atomic E-state index is 13.3. The molecule has 0 amide bonds. The third-order valence-electron chi connectivity index (χ3n) is 7.77. The molecule has 0 spiro atoms. The molecule has 0 unspecified atom stereocenters. The van der Waals surface area contributed by atoms with Crippen LogP contribution in [0.5, 0.6) is 0 Å². The summed E-state index contributed by atoms with van der Waals surface area (Å²) in [4.78, 5) is 16.0. The fourth-order valence-electron chi connectivity index (χ4n) is 3.68. The highest BCUT2D eigenvalue weighted by molar-refractivity contribution is 6.74. The fraction of sp³-hybridized carbons (Fsp3) is 0.957. The number of azide groups is 1. The topological polar surface area (TPSA) is 132 Å². The lowest BCUT2D eigenvalue weighted by Crippen LogP contribution is -2.56. The minimum absolute atomic E-state index is 0.128. The molecule has 1 N–H and O–H groups in total. The average Bonchev–Trinajstić information content (AvgIpc) is 3.14. The lowest BCUT2D eigenvalue weighted by molar-refractivity contribution is -0.168. The summed E-state index contributed by atoms with van der Waals surface area (Å²) in [5.74, 6) is -1.54. The first kappa shape index (κ1) is 30.2. The number of ether oxygens (including phenoxy) is 3. The lowest BCUT2D eigenvalue weighted by atomic mass is 9.98. The number of hydrogen-bond donors (Lipinski definition) is 1. The minimum Gasteiger partial charge on any atom is -0.455 e. The maximum atomic E-state index is 13.3. The van der Waals surface area contributed by atoms with E-state index in [2.05, 4.69) is 77.8 Å². The number of carbonyl (C=O) groups excluding carboxylic acids is 1. The predicted octanol–water partition coefficient (Wildman–Crippen LogP) is 4.88. The van der Waals surface area contributed by atoms with Gasteiger partial charge in [-0.1, -0.05) is 46.7 Å². The highest BCUT2D eigenvalue weighted by atomic mass is 28.4. The molecule has 12 heteroatoms. The van der Waals surface area contributed by atoms with E-state index in [4.69, 9.17) is 28.6 Å². The van der Waals surface area contributed by atoms with Crippen molar-refractivity contribution in [3.8, 4) is 0 Å². The molecular weight excluding hydrogens is 486 g/mol. The molecule has 0 aromatic heterocycles. The Kier molecular flexibility index (Phi) is 8.69. The molecule has 202 valence electrons. The standard InChI is InChI=1S/C23H45N3O7Si2/c1-21(2,3)34(9,10)32-18-16(29-20(28)19(18)33-35(11,12)22(4,5)6)17-15(14(27)13-25-26-24)30-23(7,8)31-17/h14-19,27H,13H2,1-12H3/t14-,15+,16+,17-,18+,19-/m0/s1. The van der Waals surface area contributed by atoms with Crippen LogP contribution in [0.2, 0.25) is 36.3 Å². The van der Waals surface area contributed by atoms with Crippen LogP contribution < -0.4 is 0 Å². The summed E-state index contributed by atoms with van der Waals surface area (Å²) in [5.41, 5.74) is 8.70. The predicted molar refractivity (Wildman–Crippen MR) is 138 cm³/mol. The second-order valence-corrected chi connectivity index (χ2v) is 22.6. The van der Waals surface area contributed by atoms with Crippen molar-refractivity contribution in [3.63, 3.8) is 0 Å². The van der Waals surface area contributed by atoms with Crippen molar-refractivity contribution >= 4 is 22.6 Å². The van der Waals surface area contributed by atoms with Gasteiger partial charge in [0.05, 0.1) is 12.6 Å². The van der Waals surface area contributed by atoms with Gasteiger partial charge in [0.2, 0.25) is 0 Å². The zero-order valence-electron chi connectivity index (χ0n) is 23.4. The van der Waals surface area contributed by atoms with Crippen molar-refractivity contribution in [1.82, 2.24) is 0 Å². The Morgan fingerprint density at radius 1 is 1.03 bits per heavy atom. The van der Waals surface area contributed by atoms with Crippen LogP contribution in [0.3, 0.4) is 0 Å². The van der Waals surface area contributed by atoms with Crippen molar-refractivity contribution in [3.05, 3.63) is 10.4 Å². The van der Waals surface area contributed by atoms with Crippen LogP contribution in [0.1, 0.15) is 55.4 Å². The number of carbonyl (C=O) groups is 1. The molecule has 2 saturated heterocycles. The van der Waals surface area contributed by atoms with Crippen molar-refractivity contribution in [2.75, 3.05) is 6.54 Å². The lowest BCUT2D eigenvalue weighted by Gasteiger charge is -2.43. The Balaban J connectivity index is 2.51. The Bertz CT molecular complexity index is 832. The van der Waals surface area contributed by atoms with E-state index in [0.717, 1.165) is 0 Å². The third kappa shape index (κ3) is 6.67. The minimum atomic E-state index is -2.38. The van der Waals surface area contributed by atoms with E-state index >= 15 is 0 Å². The summed E-state index contributed by atoms with van der Waals surface area (Å²) in [6, 6.07) is 0. The van der Waals surface area contributed by atoms with Crippen molar-refractivity contribution < 1.29 is 33.0 Å². The van der Waals surface area contributed by atoms with E-state index in [-0.39, 0.29) is 16.6 Å². The zero-order chi connectivity index (χ0) is 27.2. The highest BCUT2D eigenvalue weighted by Gasteiger charge is 2.60. The molecule has 2 rings (SSSR count). The second kappa shape index (κ2) is 10.1. The van der Waals surface area contributed by atoms with Crippen molar-refractivity contribution in [2.45, 2.75) is 134 Å². The summed E-state index contributed by atoms with van der Waals surface area (Å²) in [6.07, 6.45) is -5.39. The Morgan fingerprint density at radius 2 is 1.54 bits per heavy atom. The number of aliphatic hydroxyl groups excluding tert-OH is 1. The number of aliphatic hydroxyl groups is 1. The third-order valence-corrected chi connectivity index (χ3v) is 16.7. The van der Waals surface area contributed by atoms with Crippen LogP contribution in [0.4, 0.5) is 0 Å². The SMILES string of the molecule is CC1(C)O[C@H]([C@H]2OC(=O)[C@@H](O[Si](C)(C)C(C)(C)C)[C@@H]2O[Si](C)(C)C(C)(C)C)[C@@H]([C@@H](O)CN=[N+]=[N-])O1. The Labute approximate surface area is 211 Å². The van der Waals surface area contributed by atoms with Gasteiger partial charge in [0, 0.05) is 4.91 Å². The van der Waals surface area contributed by atoms with Gasteiger partial charge in [0.1, 0.15) is 18.3 Å². The van der Waals surface area contributed by atoms with E-state index in [1.807, 2.05) is 0 Å². The van der Waals surface area contributed by atoms with Gasteiger partial charge in [-0.3, -0.25) is 0 Å². The van der Waals surface area contributed by atoms with Crippen LogP contribution in [0.15, 0.2) is 5.11 Å². The molecule has 0 aliphatic carbocycles. The number of hydrogen-bond acceptors (Lipinski definition) is 8. The second-order valence-electron chi connectivity index (χ2n) is 13.1. The van der Waals surface area contributed by atoms with Crippen molar-refractivity contribution in [1.29, 1.82) is 0 Å². The van der Waals surface area contributed by atoms with Gasteiger partial charge in [-0.15, -0.1) is 0 Å². The first-order chi connectivity index (χ1) is 15.6. The highest BCUT2D eigenvalue weighted by Crippen LogP contribution is 2.45. The van der Waals surface area contributed by atoms with Crippen LogP contribution in [-0.2, 0) is 27.9 Å². The molecule has 0 aromatic carbocycles. The molecule has 10 nitrogen and oxygen atoms in total. The van der Waals surface area contributed by atoms with Gasteiger partial charge in [0.15, 0.2) is 34.6 Å². The number of rotatable bonds is 8. The van der Waals surface area contributed by atoms with Gasteiger partial charge in [-0.05, 0) is 55.6 Å². The van der Waals surface area contributed by atoms with Gasteiger partial charge >= 0.3 is 5.97 Å². The Morgan fingerprint density at radius 3 is 2.03 bits per heavy atom. The van der Waals surface area contributed by atoms with E-state index in [9.17, 15) is 9.90 Å². The first-order valence-corrected chi connectivity index (χ1v) is 18.1. The fourth-order valence-corrected chi connectivity index (χ4v) is 6.19. The normalized spacial score (nSPS) is 30.7. The number of cyclic esters (lactones) is 1.